The smallest absolute Gasteiger partial charge is 0.230 e. The first-order valence-corrected chi connectivity index (χ1v) is 7.47. The lowest BCUT2D eigenvalue weighted by Crippen LogP contribution is -2.33. The fourth-order valence-corrected chi connectivity index (χ4v) is 2.51. The van der Waals surface area contributed by atoms with Gasteiger partial charge in [-0.3, -0.25) is 14.4 Å². The molecular formula is C14H20N6O2. The van der Waals surface area contributed by atoms with Crippen molar-refractivity contribution in [3.05, 3.63) is 29.2 Å². The van der Waals surface area contributed by atoms with Gasteiger partial charge in [-0.25, -0.2) is 0 Å². The zero-order valence-corrected chi connectivity index (χ0v) is 12.9. The Morgan fingerprint density at radius 3 is 3.00 bits per heavy atom. The molecule has 0 aromatic carbocycles. The first kappa shape index (κ1) is 14.7. The van der Waals surface area contributed by atoms with E-state index in [-0.39, 0.29) is 5.91 Å². The minimum atomic E-state index is 0.0411. The Morgan fingerprint density at radius 1 is 1.41 bits per heavy atom. The summed E-state index contributed by atoms with van der Waals surface area (Å²) in [4.78, 5) is 13.6. The van der Waals surface area contributed by atoms with Gasteiger partial charge in [-0.15, -0.1) is 10.2 Å². The van der Waals surface area contributed by atoms with Crippen molar-refractivity contribution in [2.24, 2.45) is 0 Å². The average molecular weight is 304 g/mol. The molecule has 0 fully saturated rings. The van der Waals surface area contributed by atoms with Gasteiger partial charge in [0.1, 0.15) is 0 Å². The zero-order chi connectivity index (χ0) is 15.5. The molecule has 22 heavy (non-hydrogen) atoms. The third-order valence-corrected chi connectivity index (χ3v) is 3.64. The number of amides is 1. The van der Waals surface area contributed by atoms with Gasteiger partial charge < -0.3 is 9.73 Å². The second-order valence-electron chi connectivity index (χ2n) is 5.41. The predicted octanol–water partition coefficient (Wildman–Crippen LogP) is 0.617. The number of aromatic nitrogens is 4. The van der Waals surface area contributed by atoms with Gasteiger partial charge in [-0.2, -0.15) is 5.10 Å². The maximum absolute atomic E-state index is 11.3. The summed E-state index contributed by atoms with van der Waals surface area (Å²) < 4.78 is 7.43. The van der Waals surface area contributed by atoms with Gasteiger partial charge in [0, 0.05) is 26.4 Å². The SMILES string of the molecule is CCC(=O)NCc1cc2n(n1)CCN(Cc1nnc(C)o1)C2. The minimum absolute atomic E-state index is 0.0411. The number of hydrogen-bond donors (Lipinski definition) is 1. The largest absolute Gasteiger partial charge is 0.424 e. The molecule has 0 aliphatic carbocycles. The van der Waals surface area contributed by atoms with Gasteiger partial charge in [-0.05, 0) is 6.07 Å². The highest BCUT2D eigenvalue weighted by Crippen LogP contribution is 2.16. The highest BCUT2D eigenvalue weighted by molar-refractivity contribution is 5.75. The summed E-state index contributed by atoms with van der Waals surface area (Å²) in [5, 5.41) is 15.3. The van der Waals surface area contributed by atoms with Crippen LogP contribution in [0.3, 0.4) is 0 Å². The fourth-order valence-electron chi connectivity index (χ4n) is 2.51. The van der Waals surface area contributed by atoms with Gasteiger partial charge in [0.25, 0.3) is 0 Å². The highest BCUT2D eigenvalue weighted by atomic mass is 16.4. The van der Waals surface area contributed by atoms with Crippen LogP contribution in [0.5, 0.6) is 0 Å². The van der Waals surface area contributed by atoms with Gasteiger partial charge in [-0.1, -0.05) is 6.92 Å². The highest BCUT2D eigenvalue weighted by Gasteiger charge is 2.20. The number of hydrogen-bond acceptors (Lipinski definition) is 6. The van der Waals surface area contributed by atoms with E-state index in [2.05, 4.69) is 25.5 Å². The van der Waals surface area contributed by atoms with Gasteiger partial charge in [0.05, 0.1) is 31.0 Å². The minimum Gasteiger partial charge on any atom is -0.424 e. The first-order valence-electron chi connectivity index (χ1n) is 7.47. The predicted molar refractivity (Wildman–Crippen MR) is 77.5 cm³/mol. The van der Waals surface area contributed by atoms with E-state index < -0.39 is 0 Å². The Kier molecular flexibility index (Phi) is 4.19. The number of carbonyl (C=O) groups excluding carboxylic acids is 1. The molecule has 0 saturated carbocycles. The van der Waals surface area contributed by atoms with Crippen molar-refractivity contribution in [1.29, 1.82) is 0 Å². The van der Waals surface area contributed by atoms with Crippen LogP contribution in [0.4, 0.5) is 0 Å². The quantitative estimate of drug-likeness (QED) is 0.871. The monoisotopic (exact) mass is 304 g/mol. The summed E-state index contributed by atoms with van der Waals surface area (Å²) in [5.41, 5.74) is 2.04. The zero-order valence-electron chi connectivity index (χ0n) is 12.9. The molecule has 1 N–H and O–H groups in total. The van der Waals surface area contributed by atoms with Gasteiger partial charge >= 0.3 is 0 Å². The number of aryl methyl sites for hydroxylation is 1. The van der Waals surface area contributed by atoms with Crippen LogP contribution in [0, 0.1) is 6.92 Å². The van der Waals surface area contributed by atoms with Crippen LogP contribution in [0.15, 0.2) is 10.5 Å². The fraction of sp³-hybridized carbons (Fsp3) is 0.571. The number of rotatable bonds is 5. The van der Waals surface area contributed by atoms with Crippen LogP contribution in [-0.4, -0.2) is 37.3 Å². The van der Waals surface area contributed by atoms with Crippen LogP contribution < -0.4 is 5.32 Å². The van der Waals surface area contributed by atoms with E-state index in [4.69, 9.17) is 4.42 Å². The maximum atomic E-state index is 11.3. The van der Waals surface area contributed by atoms with Crippen LogP contribution in [-0.2, 0) is 31.0 Å². The lowest BCUT2D eigenvalue weighted by molar-refractivity contribution is -0.120. The topological polar surface area (TPSA) is 89.1 Å². The standard InChI is InChI=1S/C14H20N6O2/c1-3-13(21)15-7-11-6-12-8-19(4-5-20(12)18-11)9-14-17-16-10(2)22-14/h6H,3-5,7-9H2,1-2H3,(H,15,21). The number of nitrogens with one attached hydrogen (secondary N) is 1. The third-order valence-electron chi connectivity index (χ3n) is 3.64. The van der Waals surface area contributed by atoms with E-state index in [9.17, 15) is 4.79 Å². The summed E-state index contributed by atoms with van der Waals surface area (Å²) in [6, 6.07) is 2.04. The van der Waals surface area contributed by atoms with Crippen molar-refractivity contribution in [3.63, 3.8) is 0 Å². The van der Waals surface area contributed by atoms with Crippen molar-refractivity contribution < 1.29 is 9.21 Å². The van der Waals surface area contributed by atoms with E-state index in [0.717, 1.165) is 31.0 Å². The molecule has 1 aliphatic rings. The molecule has 3 rings (SSSR count). The van der Waals surface area contributed by atoms with Crippen LogP contribution in [0.1, 0.15) is 36.5 Å². The summed E-state index contributed by atoms with van der Waals surface area (Å²) >= 11 is 0. The maximum Gasteiger partial charge on any atom is 0.230 e. The van der Waals surface area contributed by atoms with Crippen molar-refractivity contribution in [2.45, 2.75) is 46.4 Å². The van der Waals surface area contributed by atoms with E-state index >= 15 is 0 Å². The molecule has 8 nitrogen and oxygen atoms in total. The second kappa shape index (κ2) is 6.27. The molecule has 0 bridgehead atoms. The first-order chi connectivity index (χ1) is 10.6. The molecule has 2 aromatic heterocycles. The average Bonchev–Trinajstić information content (AvgIpc) is 3.10. The molecule has 1 aliphatic heterocycles. The summed E-state index contributed by atoms with van der Waals surface area (Å²) in [6.07, 6.45) is 0.491. The summed E-state index contributed by atoms with van der Waals surface area (Å²) in [6.45, 7) is 7.25. The van der Waals surface area contributed by atoms with E-state index in [0.29, 0.717) is 31.3 Å². The van der Waals surface area contributed by atoms with Crippen LogP contribution >= 0.6 is 0 Å². The Bertz CT molecular complexity index is 662. The Balaban J connectivity index is 1.60. The van der Waals surface area contributed by atoms with Gasteiger partial charge in [0.2, 0.25) is 17.7 Å². The molecule has 0 radical (unpaired) electrons. The number of nitrogens with zero attached hydrogens (tertiary/aromatic N) is 5. The molecule has 3 heterocycles. The molecule has 0 unspecified atom stereocenters. The number of carbonyl (C=O) groups is 1. The molecular weight excluding hydrogens is 284 g/mol. The molecule has 1 amide bonds. The van der Waals surface area contributed by atoms with Crippen LogP contribution in [0.25, 0.3) is 0 Å². The Hall–Kier alpha value is -2.22. The van der Waals surface area contributed by atoms with Crippen molar-refractivity contribution in [2.75, 3.05) is 6.54 Å². The third kappa shape index (κ3) is 3.33. The Labute approximate surface area is 128 Å². The lowest BCUT2D eigenvalue weighted by Gasteiger charge is -2.25. The Morgan fingerprint density at radius 2 is 2.27 bits per heavy atom. The summed E-state index contributed by atoms with van der Waals surface area (Å²) in [7, 11) is 0. The van der Waals surface area contributed by atoms with E-state index in [1.165, 1.54) is 0 Å². The normalized spacial score (nSPS) is 14.8. The molecule has 8 heteroatoms. The van der Waals surface area contributed by atoms with Crippen molar-refractivity contribution >= 4 is 5.91 Å². The molecule has 0 atom stereocenters. The van der Waals surface area contributed by atoms with Gasteiger partial charge in [0.15, 0.2) is 0 Å². The molecule has 0 spiro atoms. The van der Waals surface area contributed by atoms with Crippen molar-refractivity contribution in [3.8, 4) is 0 Å². The van der Waals surface area contributed by atoms with E-state index in [1.54, 1.807) is 6.92 Å². The lowest BCUT2D eigenvalue weighted by atomic mass is 10.2. The van der Waals surface area contributed by atoms with E-state index in [1.807, 2.05) is 17.7 Å². The van der Waals surface area contributed by atoms with Crippen molar-refractivity contribution in [1.82, 2.24) is 30.2 Å². The number of fused-ring (bicyclic) bond motifs is 1. The second-order valence-corrected chi connectivity index (χ2v) is 5.41. The molecule has 0 saturated heterocycles. The summed E-state index contributed by atoms with van der Waals surface area (Å²) in [5.74, 6) is 1.27. The van der Waals surface area contributed by atoms with Crippen LogP contribution in [0.2, 0.25) is 0 Å². The molecule has 118 valence electrons. The molecule has 2 aromatic rings.